The van der Waals surface area contributed by atoms with E-state index in [1.54, 1.807) is 0 Å². The van der Waals surface area contributed by atoms with Crippen LogP contribution < -0.4 is 11.1 Å². The summed E-state index contributed by atoms with van der Waals surface area (Å²) in [5.41, 5.74) is 5.88. The molecule has 0 aromatic carbocycles. The van der Waals surface area contributed by atoms with Gasteiger partial charge in [0.05, 0.1) is 5.66 Å². The molecule has 0 saturated carbocycles. The topological polar surface area (TPSA) is 38.0 Å². The van der Waals surface area contributed by atoms with Crippen molar-refractivity contribution in [3.05, 3.63) is 0 Å². The zero-order valence-electron chi connectivity index (χ0n) is 7.57. The molecule has 0 amide bonds. The van der Waals surface area contributed by atoms with Crippen LogP contribution in [0.25, 0.3) is 0 Å². The second-order valence-corrected chi connectivity index (χ2v) is 2.95. The van der Waals surface area contributed by atoms with Crippen molar-refractivity contribution in [2.75, 3.05) is 7.05 Å². The molecule has 0 heterocycles. The van der Waals surface area contributed by atoms with Crippen molar-refractivity contribution in [3.8, 4) is 0 Å². The maximum absolute atomic E-state index is 6.04. The maximum atomic E-state index is 6.04. The Morgan fingerprint density at radius 2 is 2.00 bits per heavy atom. The molecule has 0 aromatic rings. The van der Waals surface area contributed by atoms with E-state index < -0.39 is 0 Å². The molecule has 0 aliphatic carbocycles. The predicted molar refractivity (Wildman–Crippen MR) is 45.7 cm³/mol. The van der Waals surface area contributed by atoms with Crippen LogP contribution in [0.5, 0.6) is 0 Å². The Labute approximate surface area is 64.2 Å². The van der Waals surface area contributed by atoms with Crippen molar-refractivity contribution in [3.63, 3.8) is 0 Å². The third-order valence-electron chi connectivity index (χ3n) is 2.54. The van der Waals surface area contributed by atoms with Crippen molar-refractivity contribution < 1.29 is 0 Å². The Kier molecular flexibility index (Phi) is 3.91. The fourth-order valence-corrected chi connectivity index (χ4v) is 1.14. The van der Waals surface area contributed by atoms with Gasteiger partial charge < -0.3 is 11.1 Å². The lowest BCUT2D eigenvalue weighted by molar-refractivity contribution is 0.230. The first kappa shape index (κ1) is 9.92. The van der Waals surface area contributed by atoms with Gasteiger partial charge in [-0.1, -0.05) is 27.2 Å². The summed E-state index contributed by atoms with van der Waals surface area (Å²) in [5, 5.41) is 3.16. The molecule has 0 aliphatic rings. The quantitative estimate of drug-likeness (QED) is 0.584. The van der Waals surface area contributed by atoms with E-state index in [0.29, 0.717) is 5.92 Å². The first-order valence-electron chi connectivity index (χ1n) is 4.08. The molecule has 10 heavy (non-hydrogen) atoms. The van der Waals surface area contributed by atoms with Gasteiger partial charge in [-0.15, -0.1) is 0 Å². The monoisotopic (exact) mass is 144 g/mol. The van der Waals surface area contributed by atoms with Gasteiger partial charge >= 0.3 is 0 Å². The minimum absolute atomic E-state index is 0.158. The zero-order chi connectivity index (χ0) is 8.20. The van der Waals surface area contributed by atoms with E-state index in [2.05, 4.69) is 26.1 Å². The highest BCUT2D eigenvalue weighted by atomic mass is 15.1. The summed E-state index contributed by atoms with van der Waals surface area (Å²) in [6, 6.07) is 0. The highest BCUT2D eigenvalue weighted by Gasteiger charge is 2.25. The number of hydrogen-bond acceptors (Lipinski definition) is 2. The number of nitrogens with two attached hydrogens (primary N) is 1. The Balaban J connectivity index is 4.02. The molecule has 0 saturated heterocycles. The highest BCUT2D eigenvalue weighted by molar-refractivity contribution is 4.82. The van der Waals surface area contributed by atoms with Gasteiger partial charge in [0.15, 0.2) is 0 Å². The van der Waals surface area contributed by atoms with Crippen molar-refractivity contribution in [1.29, 1.82) is 0 Å². The van der Waals surface area contributed by atoms with Crippen molar-refractivity contribution in [2.45, 2.75) is 39.3 Å². The summed E-state index contributed by atoms with van der Waals surface area (Å²) in [6.45, 7) is 6.46. The predicted octanol–water partition coefficient (Wildman–Crippen LogP) is 1.32. The molecule has 0 radical (unpaired) electrons. The molecule has 2 nitrogen and oxygen atoms in total. The second-order valence-electron chi connectivity index (χ2n) is 2.95. The molecular weight excluding hydrogens is 124 g/mol. The molecule has 2 heteroatoms. The molecule has 62 valence electrons. The van der Waals surface area contributed by atoms with Crippen molar-refractivity contribution >= 4 is 0 Å². The van der Waals surface area contributed by atoms with E-state index in [1.807, 2.05) is 7.05 Å². The molecule has 0 aromatic heterocycles. The van der Waals surface area contributed by atoms with Crippen LogP contribution in [0.1, 0.15) is 33.6 Å². The highest BCUT2D eigenvalue weighted by Crippen LogP contribution is 2.17. The average molecular weight is 144 g/mol. The molecule has 0 rings (SSSR count). The SMILES string of the molecule is CCC(C)C(N)(CC)NC. The van der Waals surface area contributed by atoms with E-state index in [1.165, 1.54) is 0 Å². The third-order valence-corrected chi connectivity index (χ3v) is 2.54. The van der Waals surface area contributed by atoms with Gasteiger partial charge in [0, 0.05) is 0 Å². The number of hydrogen-bond donors (Lipinski definition) is 2. The fraction of sp³-hybridized carbons (Fsp3) is 1.00. The van der Waals surface area contributed by atoms with E-state index in [0.717, 1.165) is 12.8 Å². The van der Waals surface area contributed by atoms with Gasteiger partial charge in [-0.05, 0) is 19.4 Å². The largest absolute Gasteiger partial charge is 0.313 e. The standard InChI is InChI=1S/C8H20N2/c1-5-7(3)8(9,6-2)10-4/h7,10H,5-6,9H2,1-4H3. The maximum Gasteiger partial charge on any atom is 0.0682 e. The van der Waals surface area contributed by atoms with Crippen LogP contribution in [0, 0.1) is 5.92 Å². The normalized spacial score (nSPS) is 20.1. The van der Waals surface area contributed by atoms with Gasteiger partial charge in [-0.2, -0.15) is 0 Å². The smallest absolute Gasteiger partial charge is 0.0682 e. The Hall–Kier alpha value is -0.0800. The van der Waals surface area contributed by atoms with Gasteiger partial charge in [-0.25, -0.2) is 0 Å². The van der Waals surface area contributed by atoms with E-state index in [9.17, 15) is 0 Å². The Morgan fingerprint density at radius 3 is 2.10 bits per heavy atom. The molecule has 0 bridgehead atoms. The molecule has 2 atom stereocenters. The van der Waals surface area contributed by atoms with Crippen molar-refractivity contribution in [2.24, 2.45) is 11.7 Å². The van der Waals surface area contributed by atoms with E-state index in [4.69, 9.17) is 5.73 Å². The summed E-state index contributed by atoms with van der Waals surface area (Å²) in [6.07, 6.45) is 2.11. The fourth-order valence-electron chi connectivity index (χ4n) is 1.14. The molecule has 3 N–H and O–H groups in total. The van der Waals surface area contributed by atoms with Crippen LogP contribution in [-0.2, 0) is 0 Å². The minimum Gasteiger partial charge on any atom is -0.313 e. The second kappa shape index (κ2) is 3.94. The van der Waals surface area contributed by atoms with Gasteiger partial charge in [0.1, 0.15) is 0 Å². The summed E-state index contributed by atoms with van der Waals surface area (Å²) in [5.74, 6) is 0.544. The molecule has 2 unspecified atom stereocenters. The molecule has 0 aliphatic heterocycles. The lowest BCUT2D eigenvalue weighted by atomic mass is 9.90. The van der Waals surface area contributed by atoms with Crippen LogP contribution in [0.3, 0.4) is 0 Å². The van der Waals surface area contributed by atoms with E-state index in [-0.39, 0.29) is 5.66 Å². The summed E-state index contributed by atoms with van der Waals surface area (Å²) < 4.78 is 0. The van der Waals surface area contributed by atoms with Crippen LogP contribution in [0.4, 0.5) is 0 Å². The van der Waals surface area contributed by atoms with Gasteiger partial charge in [0.25, 0.3) is 0 Å². The summed E-state index contributed by atoms with van der Waals surface area (Å²) in [7, 11) is 1.93. The molecule has 0 spiro atoms. The number of rotatable bonds is 4. The van der Waals surface area contributed by atoms with Crippen LogP contribution >= 0.6 is 0 Å². The average Bonchev–Trinajstić information content (AvgIpc) is 2.01. The minimum atomic E-state index is -0.158. The first-order valence-corrected chi connectivity index (χ1v) is 4.08. The van der Waals surface area contributed by atoms with Crippen molar-refractivity contribution in [1.82, 2.24) is 5.32 Å². The molecule has 0 fully saturated rings. The van der Waals surface area contributed by atoms with E-state index >= 15 is 0 Å². The summed E-state index contributed by atoms with van der Waals surface area (Å²) in [4.78, 5) is 0. The van der Waals surface area contributed by atoms with Gasteiger partial charge in [0.2, 0.25) is 0 Å². The Morgan fingerprint density at radius 1 is 1.50 bits per heavy atom. The van der Waals surface area contributed by atoms with Crippen LogP contribution in [-0.4, -0.2) is 12.7 Å². The number of nitrogens with one attached hydrogen (secondary N) is 1. The van der Waals surface area contributed by atoms with Gasteiger partial charge in [-0.3, -0.25) is 0 Å². The lowest BCUT2D eigenvalue weighted by Gasteiger charge is -2.33. The van der Waals surface area contributed by atoms with Crippen LogP contribution in [0.2, 0.25) is 0 Å². The zero-order valence-corrected chi connectivity index (χ0v) is 7.57. The third kappa shape index (κ3) is 1.96. The van der Waals surface area contributed by atoms with Crippen LogP contribution in [0.15, 0.2) is 0 Å². The first-order chi connectivity index (χ1) is 4.60. The Bertz CT molecular complexity index is 87.3. The summed E-state index contributed by atoms with van der Waals surface area (Å²) >= 11 is 0. The lowest BCUT2D eigenvalue weighted by Crippen LogP contribution is -2.56. The molecular formula is C8H20N2.